The number of rotatable bonds is 16. The van der Waals surface area contributed by atoms with Gasteiger partial charge in [0.1, 0.15) is 30.0 Å². The zero-order valence-electron chi connectivity index (χ0n) is 24.8. The van der Waals surface area contributed by atoms with Crippen molar-refractivity contribution in [2.24, 2.45) is 5.16 Å². The smallest absolute Gasteiger partial charge is 0.328 e. The number of aliphatic hydroxyl groups excluding tert-OH is 2. The normalized spacial score (nSPS) is 15.2. The highest BCUT2D eigenvalue weighted by Crippen LogP contribution is 2.19. The number of nitrogens with one attached hydrogen (secondary N) is 3. The summed E-state index contributed by atoms with van der Waals surface area (Å²) in [4.78, 5) is 47.5. The Morgan fingerprint density at radius 3 is 2.30 bits per heavy atom. The standard InChI is InChI=1S/C31H40N4O8/c1-5-26(41-3)28(29(38)19(2)36)35-43-18-27(37)33-24(16-21-17-32-23-14-10-9-13-22(21)23)30(39)34-25(31(40)42-4)15-20-11-7-6-8-12-20/h6-14,17,19,24-26,29,32,36,38H,5,15-16,18H2,1-4H3,(H,33,37)(H,34,39)/b35-28-/t19?,24-,25-,26-,29?/m0/s1. The molecule has 2 amide bonds. The van der Waals surface area contributed by atoms with Crippen molar-refractivity contribution in [3.8, 4) is 0 Å². The molecule has 0 saturated carbocycles. The lowest BCUT2D eigenvalue weighted by molar-refractivity contribution is -0.145. The van der Waals surface area contributed by atoms with Gasteiger partial charge in [0.25, 0.3) is 5.91 Å². The zero-order valence-corrected chi connectivity index (χ0v) is 24.8. The van der Waals surface area contributed by atoms with E-state index in [0.29, 0.717) is 6.42 Å². The van der Waals surface area contributed by atoms with Crippen molar-refractivity contribution >= 4 is 34.4 Å². The predicted octanol–water partition coefficient (Wildman–Crippen LogP) is 1.63. The Bertz CT molecular complexity index is 1370. The first-order valence-electron chi connectivity index (χ1n) is 14.0. The van der Waals surface area contributed by atoms with Gasteiger partial charge in [-0.15, -0.1) is 0 Å². The number of hydrogen-bond acceptors (Lipinski definition) is 9. The molecule has 1 heterocycles. The number of aromatic nitrogens is 1. The van der Waals surface area contributed by atoms with Crippen LogP contribution in [0.1, 0.15) is 31.4 Å². The lowest BCUT2D eigenvalue weighted by Gasteiger charge is -2.23. The molecule has 5 atom stereocenters. The Morgan fingerprint density at radius 1 is 0.953 bits per heavy atom. The van der Waals surface area contributed by atoms with Crippen molar-refractivity contribution in [2.75, 3.05) is 20.8 Å². The van der Waals surface area contributed by atoms with Gasteiger partial charge >= 0.3 is 5.97 Å². The second kappa shape index (κ2) is 16.4. The minimum Gasteiger partial charge on any atom is -0.467 e. The van der Waals surface area contributed by atoms with E-state index in [1.165, 1.54) is 21.1 Å². The first-order valence-corrected chi connectivity index (χ1v) is 14.0. The molecule has 0 saturated heterocycles. The van der Waals surface area contributed by atoms with Crippen LogP contribution in [-0.4, -0.2) is 89.9 Å². The van der Waals surface area contributed by atoms with E-state index in [-0.39, 0.29) is 18.6 Å². The van der Waals surface area contributed by atoms with Gasteiger partial charge in [-0.1, -0.05) is 60.6 Å². The highest BCUT2D eigenvalue weighted by atomic mass is 16.6. The molecule has 2 unspecified atom stereocenters. The molecule has 0 aliphatic rings. The third-order valence-corrected chi connectivity index (χ3v) is 6.95. The van der Waals surface area contributed by atoms with Crippen LogP contribution in [0, 0.1) is 0 Å². The summed E-state index contributed by atoms with van der Waals surface area (Å²) in [5.41, 5.74) is 2.49. The third kappa shape index (κ3) is 9.37. The van der Waals surface area contributed by atoms with Gasteiger partial charge in [0, 0.05) is 37.1 Å². The number of benzene rings is 2. The Balaban J connectivity index is 1.80. The van der Waals surface area contributed by atoms with Gasteiger partial charge in [-0.2, -0.15) is 0 Å². The summed E-state index contributed by atoms with van der Waals surface area (Å²) in [6.45, 7) is 2.61. The summed E-state index contributed by atoms with van der Waals surface area (Å²) < 4.78 is 10.2. The van der Waals surface area contributed by atoms with Crippen molar-refractivity contribution in [3.05, 3.63) is 71.9 Å². The van der Waals surface area contributed by atoms with E-state index in [2.05, 4.69) is 20.8 Å². The van der Waals surface area contributed by atoms with Crippen LogP contribution in [0.3, 0.4) is 0 Å². The molecule has 3 rings (SSSR count). The molecular formula is C31H40N4O8. The molecule has 0 aliphatic carbocycles. The van der Waals surface area contributed by atoms with Gasteiger partial charge in [0.15, 0.2) is 6.61 Å². The zero-order chi connectivity index (χ0) is 31.4. The van der Waals surface area contributed by atoms with Gasteiger partial charge in [-0.05, 0) is 30.5 Å². The number of hydrogen-bond donors (Lipinski definition) is 5. The van der Waals surface area contributed by atoms with Crippen molar-refractivity contribution in [1.29, 1.82) is 0 Å². The highest BCUT2D eigenvalue weighted by molar-refractivity contribution is 5.93. The number of aliphatic hydroxyl groups is 2. The molecule has 0 fully saturated rings. The number of fused-ring (bicyclic) bond motifs is 1. The van der Waals surface area contributed by atoms with Crippen LogP contribution in [0.5, 0.6) is 0 Å². The topological polar surface area (TPSA) is 172 Å². The maximum atomic E-state index is 13.6. The van der Waals surface area contributed by atoms with Gasteiger partial charge in [0.2, 0.25) is 5.91 Å². The minimum absolute atomic E-state index is 0.0303. The van der Waals surface area contributed by atoms with Crippen LogP contribution < -0.4 is 10.6 Å². The summed E-state index contributed by atoms with van der Waals surface area (Å²) >= 11 is 0. The van der Waals surface area contributed by atoms with Crippen molar-refractivity contribution in [1.82, 2.24) is 15.6 Å². The summed E-state index contributed by atoms with van der Waals surface area (Å²) in [6.07, 6.45) is -0.663. The van der Waals surface area contributed by atoms with E-state index in [0.717, 1.165) is 22.0 Å². The van der Waals surface area contributed by atoms with Crippen LogP contribution in [0.2, 0.25) is 0 Å². The molecule has 12 heteroatoms. The van der Waals surface area contributed by atoms with Crippen LogP contribution in [0.4, 0.5) is 0 Å². The van der Waals surface area contributed by atoms with Gasteiger partial charge in [-0.25, -0.2) is 4.79 Å². The maximum absolute atomic E-state index is 13.6. The molecule has 2 aromatic carbocycles. The Kier molecular flexibility index (Phi) is 12.7. The third-order valence-electron chi connectivity index (χ3n) is 6.95. The Morgan fingerprint density at radius 2 is 1.65 bits per heavy atom. The van der Waals surface area contributed by atoms with E-state index < -0.39 is 54.8 Å². The quantitative estimate of drug-likeness (QED) is 0.0943. The molecule has 5 N–H and O–H groups in total. The van der Waals surface area contributed by atoms with Crippen LogP contribution >= 0.6 is 0 Å². The molecular weight excluding hydrogens is 556 g/mol. The number of aromatic amines is 1. The molecule has 43 heavy (non-hydrogen) atoms. The second-order valence-electron chi connectivity index (χ2n) is 10.1. The van der Waals surface area contributed by atoms with E-state index in [1.54, 1.807) is 13.1 Å². The number of amides is 2. The Labute approximate surface area is 250 Å². The molecule has 0 bridgehead atoms. The maximum Gasteiger partial charge on any atom is 0.328 e. The minimum atomic E-state index is -1.37. The number of methoxy groups -OCH3 is 2. The van der Waals surface area contributed by atoms with Gasteiger partial charge < -0.3 is 40.1 Å². The predicted molar refractivity (Wildman–Crippen MR) is 160 cm³/mol. The SMILES string of the molecule is CC[C@H](OC)/C(=N/OCC(=O)N[C@@H](Cc1c[nH]c2ccccc12)C(=O)N[C@@H](Cc1ccccc1)C(=O)OC)C(O)C(C)O. The monoisotopic (exact) mass is 596 g/mol. The number of para-hydroxylation sites is 1. The van der Waals surface area contributed by atoms with Crippen LogP contribution in [0.15, 0.2) is 65.9 Å². The van der Waals surface area contributed by atoms with E-state index in [1.807, 2.05) is 54.6 Å². The summed E-state index contributed by atoms with van der Waals surface area (Å²) in [7, 11) is 2.67. The molecule has 12 nitrogen and oxygen atoms in total. The fourth-order valence-electron chi connectivity index (χ4n) is 4.64. The number of oxime groups is 1. The van der Waals surface area contributed by atoms with E-state index in [9.17, 15) is 24.6 Å². The van der Waals surface area contributed by atoms with Gasteiger partial charge in [-0.3, -0.25) is 9.59 Å². The number of H-pyrrole nitrogens is 1. The van der Waals surface area contributed by atoms with Crippen molar-refractivity contribution in [2.45, 2.75) is 63.5 Å². The average molecular weight is 597 g/mol. The van der Waals surface area contributed by atoms with Crippen LogP contribution in [-0.2, 0) is 41.5 Å². The molecule has 232 valence electrons. The average Bonchev–Trinajstić information content (AvgIpc) is 3.42. The van der Waals surface area contributed by atoms with Crippen molar-refractivity contribution in [3.63, 3.8) is 0 Å². The van der Waals surface area contributed by atoms with Crippen molar-refractivity contribution < 1.29 is 38.9 Å². The number of carbonyl (C=O) groups excluding carboxylic acids is 3. The summed E-state index contributed by atoms with van der Waals surface area (Å²) in [5.74, 6) is -1.89. The lowest BCUT2D eigenvalue weighted by Crippen LogP contribution is -2.53. The summed E-state index contributed by atoms with van der Waals surface area (Å²) in [5, 5.41) is 30.4. The fourth-order valence-corrected chi connectivity index (χ4v) is 4.64. The lowest BCUT2D eigenvalue weighted by atomic mass is 10.0. The number of nitrogens with zero attached hydrogens (tertiary/aromatic N) is 1. The molecule has 0 spiro atoms. The second-order valence-corrected chi connectivity index (χ2v) is 10.1. The van der Waals surface area contributed by atoms with Gasteiger partial charge in [0.05, 0.1) is 13.2 Å². The highest BCUT2D eigenvalue weighted by Gasteiger charge is 2.29. The first-order chi connectivity index (χ1) is 20.7. The number of esters is 1. The molecule has 1 aromatic heterocycles. The Hall–Kier alpha value is -4.26. The number of carbonyl (C=O) groups is 3. The molecule has 0 radical (unpaired) electrons. The largest absolute Gasteiger partial charge is 0.467 e. The number of ether oxygens (including phenoxy) is 2. The fraction of sp³-hybridized carbons (Fsp3) is 0.419. The first kappa shape index (κ1) is 33.2. The molecule has 3 aromatic rings. The van der Waals surface area contributed by atoms with E-state index >= 15 is 0 Å². The molecule has 0 aliphatic heterocycles. The summed E-state index contributed by atoms with van der Waals surface area (Å²) in [6, 6.07) is 14.6. The van der Waals surface area contributed by atoms with Crippen LogP contribution in [0.25, 0.3) is 10.9 Å². The van der Waals surface area contributed by atoms with E-state index in [4.69, 9.17) is 14.3 Å².